The van der Waals surface area contributed by atoms with Gasteiger partial charge in [0.15, 0.2) is 16.1 Å². The van der Waals surface area contributed by atoms with Gasteiger partial charge in [-0.2, -0.15) is 5.10 Å². The Bertz CT molecular complexity index is 1310. The summed E-state index contributed by atoms with van der Waals surface area (Å²) in [7, 11) is 0. The van der Waals surface area contributed by atoms with Crippen LogP contribution in [-0.4, -0.2) is 31.7 Å². The summed E-state index contributed by atoms with van der Waals surface area (Å²) < 4.78 is 6.28. The second-order valence-corrected chi connectivity index (χ2v) is 9.92. The zero-order chi connectivity index (χ0) is 21.8. The normalized spacial score (nSPS) is 22.8. The van der Waals surface area contributed by atoms with Crippen molar-refractivity contribution >= 4 is 40.1 Å². The van der Waals surface area contributed by atoms with E-state index in [0.29, 0.717) is 18.3 Å². The first-order chi connectivity index (χ1) is 15.6. The Balaban J connectivity index is 1.33. The lowest BCUT2D eigenvalue weighted by Crippen LogP contribution is -2.40. The molecule has 7 nitrogen and oxygen atoms in total. The van der Waals surface area contributed by atoms with E-state index in [-0.39, 0.29) is 17.6 Å². The highest BCUT2D eigenvalue weighted by molar-refractivity contribution is 7.99. The number of Topliss-reactive ketones (excluding diaryl/α,β-unsaturated/α-hetero) is 1. The number of rotatable bonds is 4. The summed E-state index contributed by atoms with van der Waals surface area (Å²) in [5, 5.41) is 8.72. The molecule has 0 saturated heterocycles. The third kappa shape index (κ3) is 3.21. The van der Waals surface area contributed by atoms with Crippen molar-refractivity contribution in [1.29, 1.82) is 0 Å². The molecule has 1 saturated carbocycles. The maximum absolute atomic E-state index is 13.3. The molecular weight excluding hydrogens is 422 g/mol. The van der Waals surface area contributed by atoms with E-state index in [1.807, 2.05) is 36.4 Å². The number of hydrogen-bond acceptors (Lipinski definition) is 6. The van der Waals surface area contributed by atoms with Gasteiger partial charge in [0, 0.05) is 17.7 Å². The van der Waals surface area contributed by atoms with E-state index >= 15 is 0 Å². The summed E-state index contributed by atoms with van der Waals surface area (Å²) in [6, 6.07) is 11.8. The first-order valence-electron chi connectivity index (χ1n) is 10.9. The van der Waals surface area contributed by atoms with Gasteiger partial charge in [-0.25, -0.2) is 9.98 Å². The molecule has 32 heavy (non-hydrogen) atoms. The molecule has 1 aliphatic heterocycles. The molecule has 0 bridgehead atoms. The molecule has 0 spiro atoms. The van der Waals surface area contributed by atoms with Gasteiger partial charge < -0.3 is 9.40 Å². The predicted molar refractivity (Wildman–Crippen MR) is 123 cm³/mol. The number of aliphatic imine (C=N–C) groups is 1. The highest BCUT2D eigenvalue weighted by atomic mass is 32.2. The smallest absolute Gasteiger partial charge is 0.174 e. The largest absolute Gasteiger partial charge is 0.454 e. The van der Waals surface area contributed by atoms with Gasteiger partial charge in [-0.1, -0.05) is 26.0 Å². The summed E-state index contributed by atoms with van der Waals surface area (Å²) in [5.74, 6) is 2.03. The Morgan fingerprint density at radius 2 is 2.00 bits per heavy atom. The third-order valence-electron chi connectivity index (χ3n) is 6.63. The fourth-order valence-corrected chi connectivity index (χ4v) is 5.65. The Labute approximate surface area is 189 Å². The molecular formula is C24H23N5O2S. The molecule has 1 aliphatic carbocycles. The van der Waals surface area contributed by atoms with Gasteiger partial charge in [0.2, 0.25) is 0 Å². The van der Waals surface area contributed by atoms with E-state index in [1.54, 1.807) is 6.20 Å². The lowest BCUT2D eigenvalue weighted by Gasteiger charge is -2.36. The van der Waals surface area contributed by atoms with Crippen molar-refractivity contribution < 1.29 is 9.21 Å². The number of aromatic nitrogens is 4. The van der Waals surface area contributed by atoms with Crippen molar-refractivity contribution in [1.82, 2.24) is 20.2 Å². The number of nitrogens with one attached hydrogen (secondary N) is 2. The molecule has 6 rings (SSSR count). The van der Waals surface area contributed by atoms with Crippen molar-refractivity contribution in [2.24, 2.45) is 22.7 Å². The zero-order valence-electron chi connectivity index (χ0n) is 17.8. The van der Waals surface area contributed by atoms with Crippen molar-refractivity contribution in [3.05, 3.63) is 53.9 Å². The van der Waals surface area contributed by atoms with E-state index in [2.05, 4.69) is 34.0 Å². The topological polar surface area (TPSA) is 99.9 Å². The standard InChI is InChI=1S/C24H23N5O2S/c1-12(2)13-9-17-22(18(30)10-13)21(14-11-25-29-23(14)26-17)19-7-8-20(31-19)32-24-27-15-5-3-4-6-16(15)28-24/h3-8,11-13,21-22H,9-10H2,1-2H3,(H,25,29)(H,27,28). The SMILES string of the molecule is CC(C)C1CC(=O)C2C(=Nc3[nH]ncc3C2c2ccc(Sc3nc4ccccc4[nH]3)o2)C1. The number of furan rings is 1. The Kier molecular flexibility index (Phi) is 4.57. The lowest BCUT2D eigenvalue weighted by molar-refractivity contribution is -0.123. The number of carbonyl (C=O) groups is 1. The fourth-order valence-electron chi connectivity index (χ4n) is 4.88. The lowest BCUT2D eigenvalue weighted by atomic mass is 9.67. The summed E-state index contributed by atoms with van der Waals surface area (Å²) in [6.45, 7) is 4.35. The molecule has 3 atom stereocenters. The van der Waals surface area contributed by atoms with Crippen LogP contribution in [0.4, 0.5) is 5.82 Å². The van der Waals surface area contributed by atoms with Crippen LogP contribution in [0, 0.1) is 17.8 Å². The highest BCUT2D eigenvalue weighted by Crippen LogP contribution is 2.47. The predicted octanol–water partition coefficient (Wildman–Crippen LogP) is 5.50. The molecule has 0 amide bonds. The van der Waals surface area contributed by atoms with Gasteiger partial charge in [-0.05, 0) is 54.3 Å². The maximum atomic E-state index is 13.3. The fraction of sp³-hybridized carbons (Fsp3) is 0.333. The van der Waals surface area contributed by atoms with Crippen LogP contribution in [0.2, 0.25) is 0 Å². The molecule has 0 radical (unpaired) electrons. The molecule has 3 unspecified atom stereocenters. The van der Waals surface area contributed by atoms with E-state index in [1.165, 1.54) is 11.8 Å². The molecule has 2 aliphatic rings. The molecule has 4 aromatic rings. The second kappa shape index (κ2) is 7.48. The number of ketones is 1. The molecule has 4 heterocycles. The van der Waals surface area contributed by atoms with Crippen LogP contribution in [-0.2, 0) is 4.79 Å². The Morgan fingerprint density at radius 3 is 2.84 bits per heavy atom. The molecule has 8 heteroatoms. The zero-order valence-corrected chi connectivity index (χ0v) is 18.6. The van der Waals surface area contributed by atoms with Crippen LogP contribution in [0.25, 0.3) is 11.0 Å². The average Bonchev–Trinajstić information content (AvgIpc) is 3.51. The first-order valence-corrected chi connectivity index (χ1v) is 11.7. The molecule has 1 aromatic carbocycles. The quantitative estimate of drug-likeness (QED) is 0.432. The van der Waals surface area contributed by atoms with E-state index in [0.717, 1.165) is 50.6 Å². The number of benzene rings is 1. The third-order valence-corrected chi connectivity index (χ3v) is 7.44. The minimum Gasteiger partial charge on any atom is -0.454 e. The van der Waals surface area contributed by atoms with Crippen molar-refractivity contribution in [2.75, 3.05) is 0 Å². The number of fused-ring (bicyclic) bond motifs is 3. The van der Waals surface area contributed by atoms with E-state index < -0.39 is 0 Å². The number of hydrogen-bond donors (Lipinski definition) is 2. The first kappa shape index (κ1) is 19.5. The molecule has 1 fully saturated rings. The second-order valence-electron chi connectivity index (χ2n) is 8.93. The maximum Gasteiger partial charge on any atom is 0.174 e. The number of para-hydroxylation sites is 2. The van der Waals surface area contributed by atoms with Crippen LogP contribution in [0.5, 0.6) is 0 Å². The van der Waals surface area contributed by atoms with Crippen molar-refractivity contribution in [3.8, 4) is 0 Å². The van der Waals surface area contributed by atoms with Gasteiger partial charge in [0.05, 0.1) is 29.1 Å². The number of aromatic amines is 2. The van der Waals surface area contributed by atoms with Crippen LogP contribution in [0.1, 0.15) is 43.9 Å². The highest BCUT2D eigenvalue weighted by Gasteiger charge is 2.45. The van der Waals surface area contributed by atoms with Crippen LogP contribution in [0.15, 0.2) is 62.3 Å². The van der Waals surface area contributed by atoms with Crippen molar-refractivity contribution in [2.45, 2.75) is 42.9 Å². The van der Waals surface area contributed by atoms with E-state index in [4.69, 9.17) is 9.41 Å². The molecule has 2 N–H and O–H groups in total. The summed E-state index contributed by atoms with van der Waals surface area (Å²) >= 11 is 1.44. The number of carbonyl (C=O) groups excluding carboxylic acids is 1. The van der Waals surface area contributed by atoms with E-state index in [9.17, 15) is 4.79 Å². The van der Waals surface area contributed by atoms with Crippen LogP contribution in [0.3, 0.4) is 0 Å². The number of H-pyrrole nitrogens is 2. The van der Waals surface area contributed by atoms with Crippen molar-refractivity contribution in [3.63, 3.8) is 0 Å². The van der Waals surface area contributed by atoms with Gasteiger partial charge >= 0.3 is 0 Å². The average molecular weight is 446 g/mol. The summed E-state index contributed by atoms with van der Waals surface area (Å²) in [6.07, 6.45) is 3.20. The minimum atomic E-state index is -0.287. The molecule has 3 aromatic heterocycles. The Hall–Kier alpha value is -3.13. The van der Waals surface area contributed by atoms with Crippen LogP contribution < -0.4 is 0 Å². The Morgan fingerprint density at radius 1 is 1.12 bits per heavy atom. The summed E-state index contributed by atoms with van der Waals surface area (Å²) in [4.78, 5) is 26.0. The van der Waals surface area contributed by atoms with Gasteiger partial charge in [-0.3, -0.25) is 9.89 Å². The number of imidazole rings is 1. The van der Waals surface area contributed by atoms with Gasteiger partial charge in [-0.15, -0.1) is 0 Å². The minimum absolute atomic E-state index is 0.207. The van der Waals surface area contributed by atoms with Gasteiger partial charge in [0.25, 0.3) is 0 Å². The van der Waals surface area contributed by atoms with Gasteiger partial charge in [0.1, 0.15) is 11.5 Å². The molecule has 162 valence electrons. The monoisotopic (exact) mass is 445 g/mol. The van der Waals surface area contributed by atoms with Crippen LogP contribution >= 0.6 is 11.8 Å². The summed E-state index contributed by atoms with van der Waals surface area (Å²) in [5.41, 5.74) is 3.78. The number of nitrogens with zero attached hydrogens (tertiary/aromatic N) is 3.